The number of nitrogens with zero attached hydrogens (tertiary/aromatic N) is 1. The molecule has 0 fully saturated rings. The molecule has 0 aromatic heterocycles. The van der Waals surface area contributed by atoms with Crippen LogP contribution >= 0.6 is 0 Å². The fraction of sp³-hybridized carbons (Fsp3) is 0.250. The summed E-state index contributed by atoms with van der Waals surface area (Å²) in [5.41, 5.74) is 1.45. The highest BCUT2D eigenvalue weighted by atomic mass is 19.4. The number of hydrogen-bond donors (Lipinski definition) is 0. The zero-order chi connectivity index (χ0) is 14.6. The largest absolute Gasteiger partial charge is 0.416 e. The molecule has 0 spiro atoms. The molecule has 0 aliphatic carbocycles. The lowest BCUT2D eigenvalue weighted by atomic mass is 10.1. The fourth-order valence-electron chi connectivity index (χ4n) is 2.06. The molecule has 4 heteroatoms. The van der Waals surface area contributed by atoms with Crippen LogP contribution in [-0.4, -0.2) is 11.9 Å². The first kappa shape index (κ1) is 14.6. The van der Waals surface area contributed by atoms with Crippen molar-refractivity contribution < 1.29 is 13.2 Å². The van der Waals surface area contributed by atoms with Crippen molar-refractivity contribution in [3.63, 3.8) is 0 Å². The first-order valence-electron chi connectivity index (χ1n) is 6.34. The van der Waals surface area contributed by atoms with Crippen LogP contribution in [0.1, 0.15) is 16.7 Å². The van der Waals surface area contributed by atoms with E-state index < -0.39 is 11.7 Å². The Morgan fingerprint density at radius 3 is 1.80 bits per heavy atom. The maximum Gasteiger partial charge on any atom is 0.416 e. The summed E-state index contributed by atoms with van der Waals surface area (Å²) in [6.45, 7) is 1.38. The van der Waals surface area contributed by atoms with E-state index in [1.807, 2.05) is 37.4 Å². The molecule has 0 saturated heterocycles. The number of hydrogen-bond acceptors (Lipinski definition) is 1. The molecule has 0 atom stereocenters. The third-order valence-corrected chi connectivity index (χ3v) is 3.03. The average molecular weight is 279 g/mol. The zero-order valence-corrected chi connectivity index (χ0v) is 11.2. The lowest BCUT2D eigenvalue weighted by Gasteiger charge is -2.17. The minimum Gasteiger partial charge on any atom is -0.298 e. The van der Waals surface area contributed by atoms with E-state index in [1.165, 1.54) is 17.7 Å². The van der Waals surface area contributed by atoms with Gasteiger partial charge in [0.05, 0.1) is 5.56 Å². The van der Waals surface area contributed by atoms with Gasteiger partial charge in [0.25, 0.3) is 0 Å². The summed E-state index contributed by atoms with van der Waals surface area (Å²) in [5.74, 6) is 0. The normalized spacial score (nSPS) is 11.8. The van der Waals surface area contributed by atoms with Crippen molar-refractivity contribution in [3.05, 3.63) is 71.3 Å². The Morgan fingerprint density at radius 1 is 0.800 bits per heavy atom. The smallest absolute Gasteiger partial charge is 0.298 e. The van der Waals surface area contributed by atoms with E-state index in [9.17, 15) is 13.2 Å². The SMILES string of the molecule is CN(Cc1ccccc1)Cc1ccc(C(F)(F)F)cc1. The molecule has 1 nitrogen and oxygen atoms in total. The lowest BCUT2D eigenvalue weighted by Crippen LogP contribution is -2.17. The van der Waals surface area contributed by atoms with Crippen molar-refractivity contribution in [3.8, 4) is 0 Å². The predicted molar refractivity (Wildman–Crippen MR) is 73.1 cm³/mol. The highest BCUT2D eigenvalue weighted by Crippen LogP contribution is 2.29. The topological polar surface area (TPSA) is 3.24 Å². The predicted octanol–water partition coefficient (Wildman–Crippen LogP) is 4.34. The summed E-state index contributed by atoms with van der Waals surface area (Å²) in [5, 5.41) is 0. The second-order valence-corrected chi connectivity index (χ2v) is 4.85. The van der Waals surface area contributed by atoms with Crippen molar-refractivity contribution in [1.29, 1.82) is 0 Å². The molecule has 0 saturated carbocycles. The highest BCUT2D eigenvalue weighted by Gasteiger charge is 2.29. The zero-order valence-electron chi connectivity index (χ0n) is 11.2. The van der Waals surface area contributed by atoms with E-state index in [1.54, 1.807) is 0 Å². The van der Waals surface area contributed by atoms with Crippen LogP contribution in [0.25, 0.3) is 0 Å². The Labute approximate surface area is 116 Å². The van der Waals surface area contributed by atoms with E-state index in [4.69, 9.17) is 0 Å². The molecular formula is C16H16F3N. The van der Waals surface area contributed by atoms with Crippen molar-refractivity contribution in [2.75, 3.05) is 7.05 Å². The molecule has 0 amide bonds. The summed E-state index contributed by atoms with van der Waals surface area (Å²) >= 11 is 0. The molecule has 0 aliphatic heterocycles. The van der Waals surface area contributed by atoms with Gasteiger partial charge in [0.2, 0.25) is 0 Å². The Kier molecular flexibility index (Phi) is 4.45. The molecule has 0 heterocycles. The van der Waals surface area contributed by atoms with Gasteiger partial charge in [-0.25, -0.2) is 0 Å². The summed E-state index contributed by atoms with van der Waals surface area (Å²) in [6, 6.07) is 15.3. The van der Waals surface area contributed by atoms with E-state index in [2.05, 4.69) is 4.90 Å². The van der Waals surface area contributed by atoms with E-state index >= 15 is 0 Å². The van der Waals surface area contributed by atoms with Gasteiger partial charge in [-0.1, -0.05) is 42.5 Å². The van der Waals surface area contributed by atoms with Crippen molar-refractivity contribution in [2.24, 2.45) is 0 Å². The van der Waals surface area contributed by atoms with Crippen LogP contribution < -0.4 is 0 Å². The van der Waals surface area contributed by atoms with Gasteiger partial charge in [-0.2, -0.15) is 13.2 Å². The molecule has 20 heavy (non-hydrogen) atoms. The summed E-state index contributed by atoms with van der Waals surface area (Å²) in [4.78, 5) is 2.07. The van der Waals surface area contributed by atoms with Crippen LogP contribution in [0.5, 0.6) is 0 Å². The van der Waals surface area contributed by atoms with E-state index in [-0.39, 0.29) is 0 Å². The second-order valence-electron chi connectivity index (χ2n) is 4.85. The fourth-order valence-corrected chi connectivity index (χ4v) is 2.06. The molecule has 0 aliphatic rings. The average Bonchev–Trinajstić information content (AvgIpc) is 2.39. The standard InChI is InChI=1S/C16H16F3N/c1-20(11-13-5-3-2-4-6-13)12-14-7-9-15(10-8-14)16(17,18)19/h2-10H,11-12H2,1H3. The monoisotopic (exact) mass is 279 g/mol. The first-order chi connectivity index (χ1) is 9.45. The molecule has 2 aromatic carbocycles. The van der Waals surface area contributed by atoms with Crippen molar-refractivity contribution >= 4 is 0 Å². The number of rotatable bonds is 4. The second kappa shape index (κ2) is 6.09. The molecule has 2 rings (SSSR count). The third kappa shape index (κ3) is 4.10. The van der Waals surface area contributed by atoms with Gasteiger partial charge < -0.3 is 0 Å². The molecular weight excluding hydrogens is 263 g/mol. The Morgan fingerprint density at radius 2 is 1.30 bits per heavy atom. The molecule has 0 unspecified atom stereocenters. The van der Waals surface area contributed by atoms with Crippen LogP contribution in [0.4, 0.5) is 13.2 Å². The van der Waals surface area contributed by atoms with Gasteiger partial charge in [0, 0.05) is 13.1 Å². The van der Waals surface area contributed by atoms with Crippen LogP contribution in [0.3, 0.4) is 0 Å². The maximum atomic E-state index is 12.5. The number of benzene rings is 2. The Balaban J connectivity index is 1.96. The third-order valence-electron chi connectivity index (χ3n) is 3.03. The summed E-state index contributed by atoms with van der Waals surface area (Å²) in [7, 11) is 1.95. The molecule has 0 bridgehead atoms. The van der Waals surface area contributed by atoms with Crippen LogP contribution in [0.2, 0.25) is 0 Å². The van der Waals surface area contributed by atoms with Gasteiger partial charge in [-0.15, -0.1) is 0 Å². The quantitative estimate of drug-likeness (QED) is 0.805. The Hall–Kier alpha value is -1.81. The van der Waals surface area contributed by atoms with Crippen LogP contribution in [0.15, 0.2) is 54.6 Å². The van der Waals surface area contributed by atoms with Crippen LogP contribution in [0, 0.1) is 0 Å². The summed E-state index contributed by atoms with van der Waals surface area (Å²) in [6.07, 6.45) is -4.27. The molecule has 0 radical (unpaired) electrons. The van der Waals surface area contributed by atoms with E-state index in [0.29, 0.717) is 6.54 Å². The van der Waals surface area contributed by atoms with Crippen molar-refractivity contribution in [1.82, 2.24) is 4.90 Å². The Bertz CT molecular complexity index is 532. The minimum absolute atomic E-state index is 0.605. The summed E-state index contributed by atoms with van der Waals surface area (Å²) < 4.78 is 37.4. The number of alkyl halides is 3. The van der Waals surface area contributed by atoms with Crippen molar-refractivity contribution in [2.45, 2.75) is 19.3 Å². The minimum atomic E-state index is -4.27. The maximum absolute atomic E-state index is 12.5. The molecule has 2 aromatic rings. The van der Waals surface area contributed by atoms with Crippen LogP contribution in [-0.2, 0) is 19.3 Å². The van der Waals surface area contributed by atoms with Gasteiger partial charge in [-0.05, 0) is 30.3 Å². The lowest BCUT2D eigenvalue weighted by molar-refractivity contribution is -0.137. The first-order valence-corrected chi connectivity index (χ1v) is 6.34. The van der Waals surface area contributed by atoms with Gasteiger partial charge in [0.15, 0.2) is 0 Å². The van der Waals surface area contributed by atoms with Gasteiger partial charge in [-0.3, -0.25) is 4.90 Å². The van der Waals surface area contributed by atoms with E-state index in [0.717, 1.165) is 24.2 Å². The molecule has 0 N–H and O–H groups in total. The van der Waals surface area contributed by atoms with Gasteiger partial charge in [0.1, 0.15) is 0 Å². The number of halogens is 3. The highest BCUT2D eigenvalue weighted by molar-refractivity contribution is 5.24. The molecule has 106 valence electrons. The van der Waals surface area contributed by atoms with Gasteiger partial charge >= 0.3 is 6.18 Å².